The van der Waals surface area contributed by atoms with E-state index in [4.69, 9.17) is 4.74 Å². The van der Waals surface area contributed by atoms with E-state index in [1.807, 2.05) is 18.2 Å². The molecule has 1 aromatic rings. The van der Waals surface area contributed by atoms with Gasteiger partial charge in [-0.15, -0.1) is 0 Å². The predicted octanol–water partition coefficient (Wildman–Crippen LogP) is 1.43. The van der Waals surface area contributed by atoms with Crippen LogP contribution in [0.25, 0.3) is 0 Å². The number of nitrogens with one attached hydrogen (secondary N) is 1. The minimum atomic E-state index is -1.34. The van der Waals surface area contributed by atoms with Gasteiger partial charge in [0.1, 0.15) is 6.61 Å². The van der Waals surface area contributed by atoms with E-state index in [9.17, 15) is 14.4 Å². The van der Waals surface area contributed by atoms with E-state index < -0.39 is 23.9 Å². The molecule has 0 spiro atoms. The number of carbonyl (C=O) groups is 3. The monoisotopic (exact) mass is 279 g/mol. The molecule has 6 heteroatoms. The summed E-state index contributed by atoms with van der Waals surface area (Å²) in [6.45, 7) is 1.63. The number of alkyl carbamates (subject to hydrolysis) is 1. The third-order valence-electron chi connectivity index (χ3n) is 2.58. The van der Waals surface area contributed by atoms with Crippen LogP contribution in [0.4, 0.5) is 4.79 Å². The second-order valence-corrected chi connectivity index (χ2v) is 3.98. The zero-order valence-corrected chi connectivity index (χ0v) is 11.4. The molecular formula is C14H17NO5. The molecule has 108 valence electrons. The van der Waals surface area contributed by atoms with Gasteiger partial charge >= 0.3 is 12.1 Å². The largest absolute Gasteiger partial charge is 0.459 e. The molecule has 0 aromatic heterocycles. The number of methoxy groups -OCH3 is 1. The normalized spacial score (nSPS) is 11.3. The van der Waals surface area contributed by atoms with Crippen molar-refractivity contribution in [2.45, 2.75) is 26.0 Å². The van der Waals surface area contributed by atoms with Crippen molar-refractivity contribution in [2.75, 3.05) is 7.11 Å². The van der Waals surface area contributed by atoms with E-state index in [2.05, 4.69) is 10.1 Å². The molecule has 0 saturated heterocycles. The molecule has 0 fully saturated rings. The number of amides is 1. The average Bonchev–Trinajstić information content (AvgIpc) is 2.50. The van der Waals surface area contributed by atoms with Crippen molar-refractivity contribution >= 4 is 17.8 Å². The van der Waals surface area contributed by atoms with Gasteiger partial charge in [-0.25, -0.2) is 9.59 Å². The number of ketones is 1. The number of benzene rings is 1. The van der Waals surface area contributed by atoms with Crippen LogP contribution in [0, 0.1) is 0 Å². The molecule has 0 saturated carbocycles. The fourth-order valence-corrected chi connectivity index (χ4v) is 1.46. The highest BCUT2D eigenvalue weighted by molar-refractivity contribution is 6.05. The van der Waals surface area contributed by atoms with Crippen LogP contribution in [0.1, 0.15) is 18.9 Å². The van der Waals surface area contributed by atoms with Crippen LogP contribution in [0.3, 0.4) is 0 Å². The zero-order valence-electron chi connectivity index (χ0n) is 11.4. The van der Waals surface area contributed by atoms with Crippen molar-refractivity contribution in [3.63, 3.8) is 0 Å². The minimum absolute atomic E-state index is 0.0377. The molecule has 0 aliphatic rings. The average molecular weight is 279 g/mol. The number of rotatable bonds is 6. The summed E-state index contributed by atoms with van der Waals surface area (Å²) < 4.78 is 9.41. The third kappa shape index (κ3) is 4.72. The molecule has 0 aliphatic carbocycles. The molecule has 1 aromatic carbocycles. The summed E-state index contributed by atoms with van der Waals surface area (Å²) in [5.74, 6) is -1.24. The molecule has 0 radical (unpaired) electrons. The van der Waals surface area contributed by atoms with Gasteiger partial charge in [0.2, 0.25) is 0 Å². The Balaban J connectivity index is 2.63. The maximum atomic E-state index is 11.9. The van der Waals surface area contributed by atoms with E-state index >= 15 is 0 Å². The van der Waals surface area contributed by atoms with Crippen molar-refractivity contribution in [3.05, 3.63) is 35.9 Å². The molecule has 1 rings (SSSR count). The Morgan fingerprint density at radius 1 is 1.20 bits per heavy atom. The lowest BCUT2D eigenvalue weighted by molar-refractivity contribution is -0.150. The summed E-state index contributed by atoms with van der Waals surface area (Å²) in [6.07, 6.45) is -0.747. The standard InChI is InChI=1S/C14H17NO5/c1-3-11(16)12(15-14(18)19-2)13(17)20-9-10-7-5-4-6-8-10/h4-8,12H,3,9H2,1-2H3,(H,15,18). The first-order valence-electron chi connectivity index (χ1n) is 6.16. The number of hydrogen-bond donors (Lipinski definition) is 1. The van der Waals surface area contributed by atoms with Gasteiger partial charge in [-0.2, -0.15) is 0 Å². The lowest BCUT2D eigenvalue weighted by atomic mass is 10.1. The Morgan fingerprint density at radius 2 is 1.85 bits per heavy atom. The fourth-order valence-electron chi connectivity index (χ4n) is 1.46. The first kappa shape index (κ1) is 15.7. The number of hydrogen-bond acceptors (Lipinski definition) is 5. The van der Waals surface area contributed by atoms with Gasteiger partial charge in [-0.05, 0) is 5.56 Å². The maximum absolute atomic E-state index is 11.9. The molecule has 1 atom stereocenters. The second-order valence-electron chi connectivity index (χ2n) is 3.98. The number of carbonyl (C=O) groups excluding carboxylic acids is 3. The van der Waals surface area contributed by atoms with E-state index in [0.717, 1.165) is 12.7 Å². The van der Waals surface area contributed by atoms with E-state index in [-0.39, 0.29) is 13.0 Å². The van der Waals surface area contributed by atoms with Crippen LogP contribution in [-0.4, -0.2) is 31.0 Å². The van der Waals surface area contributed by atoms with Crippen LogP contribution in [-0.2, 0) is 25.7 Å². The molecule has 0 heterocycles. The molecule has 1 amide bonds. The summed E-state index contributed by atoms with van der Waals surface area (Å²) in [5, 5.41) is 2.17. The quantitative estimate of drug-likeness (QED) is 0.629. The van der Waals surface area contributed by atoms with Crippen LogP contribution < -0.4 is 5.32 Å². The van der Waals surface area contributed by atoms with Crippen molar-refractivity contribution in [2.24, 2.45) is 0 Å². The second kappa shape index (κ2) is 7.93. The van der Waals surface area contributed by atoms with Gasteiger partial charge in [-0.3, -0.25) is 4.79 Å². The lowest BCUT2D eigenvalue weighted by Crippen LogP contribution is -2.47. The van der Waals surface area contributed by atoms with Crippen molar-refractivity contribution in [1.82, 2.24) is 5.32 Å². The van der Waals surface area contributed by atoms with Crippen molar-refractivity contribution in [3.8, 4) is 0 Å². The predicted molar refractivity (Wildman–Crippen MR) is 70.9 cm³/mol. The van der Waals surface area contributed by atoms with Crippen molar-refractivity contribution < 1.29 is 23.9 Å². The van der Waals surface area contributed by atoms with Crippen LogP contribution in [0.15, 0.2) is 30.3 Å². The first-order valence-corrected chi connectivity index (χ1v) is 6.16. The van der Waals surface area contributed by atoms with Gasteiger partial charge < -0.3 is 14.8 Å². The summed E-state index contributed by atoms with van der Waals surface area (Å²) in [5.41, 5.74) is 0.793. The van der Waals surface area contributed by atoms with Gasteiger partial charge in [0.25, 0.3) is 0 Å². The number of Topliss-reactive ketones (excluding diaryl/α,β-unsaturated/α-hetero) is 1. The molecule has 6 nitrogen and oxygen atoms in total. The minimum Gasteiger partial charge on any atom is -0.459 e. The summed E-state index contributed by atoms with van der Waals surface area (Å²) in [4.78, 5) is 34.6. The van der Waals surface area contributed by atoms with Crippen LogP contribution in [0.2, 0.25) is 0 Å². The molecular weight excluding hydrogens is 262 g/mol. The van der Waals surface area contributed by atoms with Crippen LogP contribution in [0.5, 0.6) is 0 Å². The van der Waals surface area contributed by atoms with E-state index in [1.165, 1.54) is 0 Å². The first-order chi connectivity index (χ1) is 9.58. The Labute approximate surface area is 117 Å². The smallest absolute Gasteiger partial charge is 0.407 e. The van der Waals surface area contributed by atoms with Gasteiger partial charge in [0.05, 0.1) is 7.11 Å². The highest BCUT2D eigenvalue weighted by atomic mass is 16.5. The number of ether oxygens (including phenoxy) is 2. The van der Waals surface area contributed by atoms with Crippen LogP contribution >= 0.6 is 0 Å². The van der Waals surface area contributed by atoms with E-state index in [1.54, 1.807) is 19.1 Å². The fraction of sp³-hybridized carbons (Fsp3) is 0.357. The SMILES string of the molecule is CCC(=O)C(NC(=O)OC)C(=O)OCc1ccccc1. The zero-order chi connectivity index (χ0) is 15.0. The Morgan fingerprint density at radius 3 is 2.40 bits per heavy atom. The van der Waals surface area contributed by atoms with Gasteiger partial charge in [0, 0.05) is 6.42 Å². The lowest BCUT2D eigenvalue weighted by Gasteiger charge is -2.15. The summed E-state index contributed by atoms with van der Waals surface area (Å²) >= 11 is 0. The Hall–Kier alpha value is -2.37. The Kier molecular flexibility index (Phi) is 6.22. The molecule has 1 N–H and O–H groups in total. The highest BCUT2D eigenvalue weighted by Gasteiger charge is 2.28. The number of esters is 1. The summed E-state index contributed by atoms with van der Waals surface area (Å²) in [7, 11) is 1.15. The Bertz CT molecular complexity index is 472. The van der Waals surface area contributed by atoms with E-state index in [0.29, 0.717) is 0 Å². The molecule has 1 unspecified atom stereocenters. The van der Waals surface area contributed by atoms with Gasteiger partial charge in [0.15, 0.2) is 11.8 Å². The highest BCUT2D eigenvalue weighted by Crippen LogP contribution is 2.03. The maximum Gasteiger partial charge on any atom is 0.407 e. The molecule has 20 heavy (non-hydrogen) atoms. The summed E-state index contributed by atoms with van der Waals surface area (Å²) in [6, 6.07) is 7.70. The topological polar surface area (TPSA) is 81.7 Å². The molecule has 0 aliphatic heterocycles. The third-order valence-corrected chi connectivity index (χ3v) is 2.58. The van der Waals surface area contributed by atoms with Crippen molar-refractivity contribution in [1.29, 1.82) is 0 Å². The molecule has 0 bridgehead atoms. The van der Waals surface area contributed by atoms with Gasteiger partial charge in [-0.1, -0.05) is 37.3 Å².